The van der Waals surface area contributed by atoms with Crippen molar-refractivity contribution in [3.63, 3.8) is 0 Å². The lowest BCUT2D eigenvalue weighted by molar-refractivity contribution is 0.0808. The van der Waals surface area contributed by atoms with Gasteiger partial charge in [-0.1, -0.05) is 43.0 Å². The number of nitrogens with zero attached hydrogens (tertiary/aromatic N) is 2. The van der Waals surface area contributed by atoms with E-state index in [9.17, 15) is 15.2 Å². The molecular weight excluding hydrogens is 350 g/mol. The van der Waals surface area contributed by atoms with Gasteiger partial charge in [-0.05, 0) is 30.1 Å². The summed E-state index contributed by atoms with van der Waals surface area (Å²) in [5.74, 6) is -0.786. The summed E-state index contributed by atoms with van der Waals surface area (Å²) < 4.78 is 0. The minimum atomic E-state index is -0.955. The van der Waals surface area contributed by atoms with E-state index in [0.717, 1.165) is 17.4 Å². The minimum absolute atomic E-state index is 0.175. The van der Waals surface area contributed by atoms with Crippen molar-refractivity contribution in [2.24, 2.45) is 11.8 Å². The van der Waals surface area contributed by atoms with Crippen LogP contribution in [0.3, 0.4) is 0 Å². The number of amides is 1. The van der Waals surface area contributed by atoms with Crippen LogP contribution in [-0.4, -0.2) is 34.4 Å². The van der Waals surface area contributed by atoms with Crippen LogP contribution in [0.15, 0.2) is 72.5 Å². The Kier molecular flexibility index (Phi) is 5.63. The molecule has 5 nitrogen and oxygen atoms in total. The molecule has 0 aliphatic carbocycles. The molecule has 142 valence electrons. The summed E-state index contributed by atoms with van der Waals surface area (Å²) in [6.45, 7) is 7.69. The number of piperidine rings is 1. The Balaban J connectivity index is 2.27. The van der Waals surface area contributed by atoms with Gasteiger partial charge in [-0.3, -0.25) is 0 Å². The minimum Gasteiger partial charge on any atom is -0.465 e. The molecule has 2 heterocycles. The molecule has 2 fully saturated rings. The Morgan fingerprint density at radius 1 is 1.32 bits per heavy atom. The van der Waals surface area contributed by atoms with Crippen molar-refractivity contribution < 1.29 is 9.90 Å². The van der Waals surface area contributed by atoms with Gasteiger partial charge in [-0.2, -0.15) is 5.26 Å². The average Bonchev–Trinajstić information content (AvgIpc) is 3.08. The number of hydrogen-bond acceptors (Lipinski definition) is 3. The van der Waals surface area contributed by atoms with E-state index in [1.54, 1.807) is 6.08 Å². The van der Waals surface area contributed by atoms with Crippen LogP contribution in [0.5, 0.6) is 0 Å². The van der Waals surface area contributed by atoms with Gasteiger partial charge in [0.1, 0.15) is 6.07 Å². The van der Waals surface area contributed by atoms with Crippen molar-refractivity contribution in [2.75, 3.05) is 0 Å². The second-order valence-electron chi connectivity index (χ2n) is 7.12. The van der Waals surface area contributed by atoms with Crippen molar-refractivity contribution in [1.29, 1.82) is 10.7 Å². The molecule has 28 heavy (non-hydrogen) atoms. The first kappa shape index (κ1) is 19.4. The van der Waals surface area contributed by atoms with E-state index in [1.807, 2.05) is 36.4 Å². The van der Waals surface area contributed by atoms with E-state index < -0.39 is 6.09 Å². The maximum atomic E-state index is 12.1. The highest BCUT2D eigenvalue weighted by molar-refractivity contribution is 5.83. The number of benzene rings is 1. The normalized spacial score (nSPS) is 28.5. The fourth-order valence-electron chi connectivity index (χ4n) is 4.96. The second kappa shape index (κ2) is 8.12. The molecular formula is C23H23N3O2. The van der Waals surface area contributed by atoms with Crippen LogP contribution in [0.1, 0.15) is 24.3 Å². The molecule has 2 aliphatic heterocycles. The monoisotopic (exact) mass is 373 g/mol. The Morgan fingerprint density at radius 2 is 2.00 bits per heavy atom. The van der Waals surface area contributed by atoms with Gasteiger partial charge in [0.25, 0.3) is 0 Å². The first-order valence-electron chi connectivity index (χ1n) is 9.28. The molecule has 2 saturated heterocycles. The van der Waals surface area contributed by atoms with Crippen molar-refractivity contribution in [3.05, 3.63) is 78.1 Å². The lowest BCUT2D eigenvalue weighted by Crippen LogP contribution is -2.54. The number of nitrogens with one attached hydrogen (secondary N) is 1. The summed E-state index contributed by atoms with van der Waals surface area (Å²) in [6, 6.07) is 11.4. The largest absolute Gasteiger partial charge is 0.465 e. The number of carbonyl (C=O) groups is 1. The van der Waals surface area contributed by atoms with Gasteiger partial charge in [0.05, 0.1) is 5.57 Å². The third-order valence-electron chi connectivity index (χ3n) is 5.94. The number of allylic oxidation sites excluding steroid dienone is 2. The summed E-state index contributed by atoms with van der Waals surface area (Å²) in [5, 5.41) is 27.4. The van der Waals surface area contributed by atoms with Crippen LogP contribution >= 0.6 is 0 Å². The zero-order valence-electron chi connectivity index (χ0n) is 15.6. The van der Waals surface area contributed by atoms with Gasteiger partial charge in [0, 0.05) is 36.1 Å². The molecule has 0 saturated carbocycles. The van der Waals surface area contributed by atoms with E-state index in [2.05, 4.69) is 25.0 Å². The quantitative estimate of drug-likeness (QED) is 0.344. The average molecular weight is 373 g/mol. The highest BCUT2D eigenvalue weighted by Crippen LogP contribution is 2.52. The van der Waals surface area contributed by atoms with Crippen LogP contribution in [0, 0.1) is 28.6 Å². The summed E-state index contributed by atoms with van der Waals surface area (Å²) in [7, 11) is 0. The van der Waals surface area contributed by atoms with Gasteiger partial charge in [-0.25, -0.2) is 4.79 Å². The van der Waals surface area contributed by atoms with Gasteiger partial charge in [-0.15, -0.1) is 12.3 Å². The van der Waals surface area contributed by atoms with Crippen LogP contribution in [-0.2, 0) is 0 Å². The van der Waals surface area contributed by atoms with Crippen molar-refractivity contribution in [1.82, 2.24) is 4.90 Å². The second-order valence-corrected chi connectivity index (χ2v) is 7.12. The third kappa shape index (κ3) is 3.09. The fourth-order valence-corrected chi connectivity index (χ4v) is 4.96. The standard InChI is InChI=1S/C23H23N3O2/c1-3-8-18-19-11-12-20(26(19)23(27)28)22(21(18)16(13-24)14-25)17(4-2)15-9-6-5-7-10-15/h4-10,13,17-20,22,24H,1-2,11-12H2,(H,27,28)/b21-16-,24-13?. The maximum absolute atomic E-state index is 12.1. The number of rotatable bonds is 5. The Labute approximate surface area is 165 Å². The molecule has 0 aromatic heterocycles. The maximum Gasteiger partial charge on any atom is 0.407 e. The first-order chi connectivity index (χ1) is 13.6. The molecule has 3 rings (SSSR count). The van der Waals surface area contributed by atoms with Crippen LogP contribution < -0.4 is 0 Å². The number of hydrogen-bond donors (Lipinski definition) is 2. The first-order valence-corrected chi connectivity index (χ1v) is 9.28. The van der Waals surface area contributed by atoms with Crippen molar-refractivity contribution in [3.8, 4) is 6.07 Å². The van der Waals surface area contributed by atoms with E-state index in [4.69, 9.17) is 5.41 Å². The SMILES string of the molecule is C=C=CC1/C(=C(/C#N)C=N)C(C(C=C)c2ccccc2)C2CCC1N2C(=O)O. The van der Waals surface area contributed by atoms with Gasteiger partial charge < -0.3 is 15.4 Å². The zero-order valence-corrected chi connectivity index (χ0v) is 15.6. The fraction of sp³-hybridized carbons (Fsp3) is 0.304. The summed E-state index contributed by atoms with van der Waals surface area (Å²) in [4.78, 5) is 13.6. The van der Waals surface area contributed by atoms with Gasteiger partial charge in [0.2, 0.25) is 0 Å². The molecule has 0 radical (unpaired) electrons. The highest BCUT2D eigenvalue weighted by Gasteiger charge is 2.54. The Bertz CT molecular complexity index is 906. The predicted octanol–water partition coefficient (Wildman–Crippen LogP) is 4.52. The Morgan fingerprint density at radius 3 is 2.54 bits per heavy atom. The lowest BCUT2D eigenvalue weighted by atomic mass is 9.68. The molecule has 5 unspecified atom stereocenters. The summed E-state index contributed by atoms with van der Waals surface area (Å²) in [5.41, 5.74) is 4.89. The summed E-state index contributed by atoms with van der Waals surface area (Å²) in [6.07, 6.45) is 5.11. The molecule has 2 N–H and O–H groups in total. The topological polar surface area (TPSA) is 88.2 Å². The number of fused-ring (bicyclic) bond motifs is 2. The molecule has 2 aliphatic rings. The van der Waals surface area contributed by atoms with Crippen LogP contribution in [0.25, 0.3) is 0 Å². The molecule has 2 bridgehead atoms. The lowest BCUT2D eigenvalue weighted by Gasteiger charge is -2.46. The molecule has 1 amide bonds. The highest BCUT2D eigenvalue weighted by atomic mass is 16.4. The summed E-state index contributed by atoms with van der Waals surface area (Å²) >= 11 is 0. The van der Waals surface area contributed by atoms with E-state index in [0.29, 0.717) is 12.8 Å². The predicted molar refractivity (Wildman–Crippen MR) is 108 cm³/mol. The van der Waals surface area contributed by atoms with E-state index >= 15 is 0 Å². The van der Waals surface area contributed by atoms with E-state index in [1.165, 1.54) is 4.90 Å². The van der Waals surface area contributed by atoms with Gasteiger partial charge >= 0.3 is 6.09 Å². The molecule has 0 spiro atoms. The van der Waals surface area contributed by atoms with Crippen LogP contribution in [0.4, 0.5) is 4.79 Å². The third-order valence-corrected chi connectivity index (χ3v) is 5.94. The molecule has 1 aromatic carbocycles. The number of carboxylic acid groups (broad SMARTS) is 1. The van der Waals surface area contributed by atoms with Crippen molar-refractivity contribution >= 4 is 12.3 Å². The van der Waals surface area contributed by atoms with Gasteiger partial charge in [0.15, 0.2) is 0 Å². The van der Waals surface area contributed by atoms with E-state index in [-0.39, 0.29) is 35.4 Å². The van der Waals surface area contributed by atoms with Crippen LogP contribution in [0.2, 0.25) is 0 Å². The smallest absolute Gasteiger partial charge is 0.407 e. The molecule has 5 atom stereocenters. The molecule has 5 heteroatoms. The Hall–Kier alpha value is -3.35. The number of nitriles is 1. The molecule has 1 aromatic rings. The zero-order chi connectivity index (χ0) is 20.3. The van der Waals surface area contributed by atoms with Crippen molar-refractivity contribution in [2.45, 2.75) is 30.8 Å².